The maximum absolute atomic E-state index is 5.36. The van der Waals surface area contributed by atoms with E-state index >= 15 is 0 Å². The summed E-state index contributed by atoms with van der Waals surface area (Å²) in [6, 6.07) is 2.01. The molecular weight excluding hydrogens is 230 g/mol. The van der Waals surface area contributed by atoms with Crippen molar-refractivity contribution in [2.24, 2.45) is 0 Å². The van der Waals surface area contributed by atoms with Crippen LogP contribution < -0.4 is 5.32 Å². The summed E-state index contributed by atoms with van der Waals surface area (Å²) < 4.78 is 6.16. The second kappa shape index (κ2) is 3.84. The lowest BCUT2D eigenvalue weighted by molar-refractivity contribution is 0.420. The Balaban J connectivity index is 2.59. The highest BCUT2D eigenvalue weighted by Gasteiger charge is 2.11. The van der Waals surface area contributed by atoms with Crippen LogP contribution in [0.25, 0.3) is 0 Å². The Kier molecular flexibility index (Phi) is 3.19. The third-order valence-electron chi connectivity index (χ3n) is 1.80. The van der Waals surface area contributed by atoms with Crippen LogP contribution in [0.4, 0.5) is 0 Å². The molecule has 0 radical (unpaired) electrons. The van der Waals surface area contributed by atoms with Crippen molar-refractivity contribution in [2.75, 3.05) is 0 Å². The van der Waals surface area contributed by atoms with Gasteiger partial charge in [-0.25, -0.2) is 0 Å². The molecule has 0 amide bonds. The summed E-state index contributed by atoms with van der Waals surface area (Å²) in [5, 5.41) is 3.41. The minimum atomic E-state index is 0.149. The van der Waals surface area contributed by atoms with E-state index in [1.807, 2.05) is 13.0 Å². The first-order valence-electron chi connectivity index (χ1n) is 4.38. The quantitative estimate of drug-likeness (QED) is 0.866. The van der Waals surface area contributed by atoms with Crippen molar-refractivity contribution < 1.29 is 4.42 Å². The minimum absolute atomic E-state index is 0.149. The number of furan rings is 1. The molecule has 0 fully saturated rings. The molecule has 0 bridgehead atoms. The Labute approximate surface area is 87.8 Å². The van der Waals surface area contributed by atoms with Crippen molar-refractivity contribution in [3.63, 3.8) is 0 Å². The Hall–Kier alpha value is -0.280. The highest BCUT2D eigenvalue weighted by molar-refractivity contribution is 9.10. The molecule has 0 aromatic carbocycles. The van der Waals surface area contributed by atoms with Gasteiger partial charge in [-0.1, -0.05) is 0 Å². The monoisotopic (exact) mass is 245 g/mol. The molecule has 74 valence electrons. The number of aryl methyl sites for hydroxylation is 1. The van der Waals surface area contributed by atoms with Gasteiger partial charge in [-0.15, -0.1) is 0 Å². The third kappa shape index (κ3) is 3.53. The largest absolute Gasteiger partial charge is 0.454 e. The zero-order valence-electron chi connectivity index (χ0n) is 8.57. The van der Waals surface area contributed by atoms with Crippen LogP contribution in [0.1, 0.15) is 32.1 Å². The van der Waals surface area contributed by atoms with Crippen molar-refractivity contribution in [2.45, 2.75) is 39.8 Å². The molecule has 0 saturated heterocycles. The Morgan fingerprint density at radius 3 is 2.46 bits per heavy atom. The fourth-order valence-corrected chi connectivity index (χ4v) is 1.53. The molecule has 1 rings (SSSR count). The highest BCUT2D eigenvalue weighted by Crippen LogP contribution is 2.19. The molecule has 3 heteroatoms. The normalized spacial score (nSPS) is 12.1. The topological polar surface area (TPSA) is 25.2 Å². The summed E-state index contributed by atoms with van der Waals surface area (Å²) in [4.78, 5) is 0. The maximum Gasteiger partial charge on any atom is 0.169 e. The molecule has 0 unspecified atom stereocenters. The van der Waals surface area contributed by atoms with E-state index in [1.54, 1.807) is 0 Å². The minimum Gasteiger partial charge on any atom is -0.454 e. The molecular formula is C10H16BrNO. The number of rotatable bonds is 2. The van der Waals surface area contributed by atoms with Gasteiger partial charge in [0.15, 0.2) is 4.67 Å². The standard InChI is InChI=1S/C10H16BrNO/c1-7-8(5-9(11)13-7)6-12-10(2,3)4/h5,12H,6H2,1-4H3. The second-order valence-electron chi connectivity index (χ2n) is 4.24. The highest BCUT2D eigenvalue weighted by atomic mass is 79.9. The molecule has 1 aromatic rings. The predicted octanol–water partition coefficient (Wildman–Crippen LogP) is 3.24. The first-order valence-corrected chi connectivity index (χ1v) is 5.17. The smallest absolute Gasteiger partial charge is 0.169 e. The van der Waals surface area contributed by atoms with Crippen LogP contribution in [0.5, 0.6) is 0 Å². The molecule has 1 N–H and O–H groups in total. The molecule has 1 aromatic heterocycles. The van der Waals surface area contributed by atoms with Crippen molar-refractivity contribution in [3.05, 3.63) is 22.1 Å². The summed E-state index contributed by atoms with van der Waals surface area (Å²) in [5.41, 5.74) is 1.36. The van der Waals surface area contributed by atoms with Crippen LogP contribution in [-0.4, -0.2) is 5.54 Å². The van der Waals surface area contributed by atoms with Gasteiger partial charge in [-0.2, -0.15) is 0 Å². The number of hydrogen-bond donors (Lipinski definition) is 1. The van der Waals surface area contributed by atoms with Gasteiger partial charge in [0.05, 0.1) is 0 Å². The Morgan fingerprint density at radius 2 is 2.08 bits per heavy atom. The van der Waals surface area contributed by atoms with Crippen molar-refractivity contribution in [1.82, 2.24) is 5.32 Å². The van der Waals surface area contributed by atoms with Crippen molar-refractivity contribution >= 4 is 15.9 Å². The first-order chi connectivity index (χ1) is 5.88. The van der Waals surface area contributed by atoms with Crippen molar-refractivity contribution in [3.8, 4) is 0 Å². The van der Waals surface area contributed by atoms with Gasteiger partial charge in [0.2, 0.25) is 0 Å². The van der Waals surface area contributed by atoms with Crippen LogP contribution in [0, 0.1) is 6.92 Å². The van der Waals surface area contributed by atoms with Crippen molar-refractivity contribution in [1.29, 1.82) is 0 Å². The molecule has 1 heterocycles. The molecule has 0 aliphatic rings. The zero-order valence-corrected chi connectivity index (χ0v) is 10.2. The van der Waals surface area contributed by atoms with Gasteiger partial charge < -0.3 is 9.73 Å². The van der Waals surface area contributed by atoms with E-state index in [0.29, 0.717) is 0 Å². The number of halogens is 1. The molecule has 2 nitrogen and oxygen atoms in total. The summed E-state index contributed by atoms with van der Waals surface area (Å²) in [6.07, 6.45) is 0. The predicted molar refractivity (Wildman–Crippen MR) is 57.7 cm³/mol. The van der Waals surface area contributed by atoms with Gasteiger partial charge in [0.1, 0.15) is 5.76 Å². The van der Waals surface area contributed by atoms with E-state index in [0.717, 1.165) is 17.0 Å². The molecule has 13 heavy (non-hydrogen) atoms. The average molecular weight is 246 g/mol. The molecule has 0 saturated carbocycles. The molecule has 0 aliphatic heterocycles. The Morgan fingerprint density at radius 1 is 1.46 bits per heavy atom. The Bertz CT molecular complexity index is 286. The summed E-state index contributed by atoms with van der Waals surface area (Å²) >= 11 is 3.31. The van der Waals surface area contributed by atoms with Gasteiger partial charge >= 0.3 is 0 Å². The lowest BCUT2D eigenvalue weighted by atomic mass is 10.1. The number of nitrogens with one attached hydrogen (secondary N) is 1. The molecule has 0 aliphatic carbocycles. The zero-order chi connectivity index (χ0) is 10.1. The van der Waals surface area contributed by atoms with Crippen LogP contribution >= 0.6 is 15.9 Å². The summed E-state index contributed by atoms with van der Waals surface area (Å²) in [5.74, 6) is 0.976. The summed E-state index contributed by atoms with van der Waals surface area (Å²) in [6.45, 7) is 9.28. The van der Waals surface area contributed by atoms with E-state index in [-0.39, 0.29) is 5.54 Å². The van der Waals surface area contributed by atoms with Crippen LogP contribution in [0.2, 0.25) is 0 Å². The second-order valence-corrected chi connectivity index (χ2v) is 5.02. The third-order valence-corrected chi connectivity index (χ3v) is 2.19. The van der Waals surface area contributed by atoms with E-state index < -0.39 is 0 Å². The van der Waals surface area contributed by atoms with E-state index in [2.05, 4.69) is 42.0 Å². The summed E-state index contributed by atoms with van der Waals surface area (Å²) in [7, 11) is 0. The van der Waals surface area contributed by atoms with E-state index in [9.17, 15) is 0 Å². The van der Waals surface area contributed by atoms with Crippen LogP contribution in [0.15, 0.2) is 15.2 Å². The number of hydrogen-bond acceptors (Lipinski definition) is 2. The van der Waals surface area contributed by atoms with Crippen LogP contribution in [0.3, 0.4) is 0 Å². The first kappa shape index (κ1) is 10.8. The van der Waals surface area contributed by atoms with Gasteiger partial charge in [0, 0.05) is 17.6 Å². The average Bonchev–Trinajstić information content (AvgIpc) is 2.24. The van der Waals surface area contributed by atoms with E-state index in [4.69, 9.17) is 4.42 Å². The maximum atomic E-state index is 5.36. The van der Waals surface area contributed by atoms with Crippen LogP contribution in [-0.2, 0) is 6.54 Å². The van der Waals surface area contributed by atoms with Gasteiger partial charge in [-0.05, 0) is 49.7 Å². The lowest BCUT2D eigenvalue weighted by Gasteiger charge is -2.20. The fourth-order valence-electron chi connectivity index (χ4n) is 1.02. The lowest BCUT2D eigenvalue weighted by Crippen LogP contribution is -2.35. The molecule has 0 atom stereocenters. The van der Waals surface area contributed by atoms with Gasteiger partial charge in [-0.3, -0.25) is 0 Å². The molecule has 0 spiro atoms. The van der Waals surface area contributed by atoms with E-state index in [1.165, 1.54) is 5.56 Å². The fraction of sp³-hybridized carbons (Fsp3) is 0.600. The SMILES string of the molecule is Cc1oc(Br)cc1CNC(C)(C)C. The van der Waals surface area contributed by atoms with Gasteiger partial charge in [0.25, 0.3) is 0 Å².